The number of carbonyl (C=O) groups excluding carboxylic acids is 1. The molecule has 0 bridgehead atoms. The average Bonchev–Trinajstić information content (AvgIpc) is 2.88. The Balaban J connectivity index is 1.72. The van der Waals surface area contributed by atoms with E-state index in [0.29, 0.717) is 13.1 Å². The number of carbonyl (C=O) groups is 1. The van der Waals surface area contributed by atoms with Crippen LogP contribution in [0.3, 0.4) is 0 Å². The number of benzene rings is 1. The van der Waals surface area contributed by atoms with Crippen molar-refractivity contribution in [1.29, 1.82) is 0 Å². The number of hydrogen-bond donors (Lipinski definition) is 2. The summed E-state index contributed by atoms with van der Waals surface area (Å²) >= 11 is 3.39. The molecule has 0 atom stereocenters. The summed E-state index contributed by atoms with van der Waals surface area (Å²) in [7, 11) is 0. The fraction of sp³-hybridized carbons (Fsp3) is 0.167. The molecule has 2 N–H and O–H groups in total. The lowest BCUT2D eigenvalue weighted by Gasteiger charge is -2.07. The van der Waals surface area contributed by atoms with Gasteiger partial charge in [-0.1, -0.05) is 27.2 Å². The van der Waals surface area contributed by atoms with Crippen LogP contribution in [0, 0.1) is 0 Å². The van der Waals surface area contributed by atoms with Gasteiger partial charge in [-0.2, -0.15) is 0 Å². The highest BCUT2D eigenvalue weighted by Gasteiger charge is 2.06. The van der Waals surface area contributed by atoms with Gasteiger partial charge < -0.3 is 15.2 Å². The van der Waals surface area contributed by atoms with E-state index in [9.17, 15) is 4.79 Å². The van der Waals surface area contributed by atoms with Crippen LogP contribution >= 0.6 is 15.9 Å². The maximum atomic E-state index is 11.5. The van der Waals surface area contributed by atoms with Gasteiger partial charge in [0.25, 0.3) is 5.91 Å². The highest BCUT2D eigenvalue weighted by molar-refractivity contribution is 9.10. The fourth-order valence-corrected chi connectivity index (χ4v) is 1.80. The van der Waals surface area contributed by atoms with Gasteiger partial charge in [-0.05, 0) is 18.2 Å². The molecule has 1 aromatic heterocycles. The standard InChI is InChI=1S/C12H12BrN3O2/c13-9-2-1-3-10(8-9)14-5-6-15-12(17)11-4-7-18-16-11/h1-4,7-8,14H,5-6H2,(H,15,17). The van der Waals surface area contributed by atoms with E-state index in [1.165, 1.54) is 12.3 Å². The highest BCUT2D eigenvalue weighted by atomic mass is 79.9. The highest BCUT2D eigenvalue weighted by Crippen LogP contribution is 2.14. The minimum absolute atomic E-state index is 0.236. The molecule has 18 heavy (non-hydrogen) atoms. The van der Waals surface area contributed by atoms with Crippen LogP contribution in [-0.2, 0) is 0 Å². The Morgan fingerprint density at radius 2 is 2.22 bits per heavy atom. The molecule has 5 nitrogen and oxygen atoms in total. The zero-order chi connectivity index (χ0) is 12.8. The number of anilines is 1. The molecular formula is C12H12BrN3O2. The van der Waals surface area contributed by atoms with Gasteiger partial charge in [-0.15, -0.1) is 0 Å². The predicted molar refractivity (Wildman–Crippen MR) is 71.5 cm³/mol. The van der Waals surface area contributed by atoms with Crippen molar-refractivity contribution in [2.45, 2.75) is 0 Å². The molecule has 0 aliphatic heterocycles. The molecule has 2 aromatic rings. The smallest absolute Gasteiger partial charge is 0.273 e. The molecule has 0 spiro atoms. The molecule has 0 radical (unpaired) electrons. The van der Waals surface area contributed by atoms with Crippen molar-refractivity contribution in [2.24, 2.45) is 0 Å². The molecule has 0 aliphatic rings. The quantitative estimate of drug-likeness (QED) is 0.832. The van der Waals surface area contributed by atoms with Crippen molar-refractivity contribution < 1.29 is 9.32 Å². The van der Waals surface area contributed by atoms with E-state index in [1.54, 1.807) is 0 Å². The van der Waals surface area contributed by atoms with Crippen LogP contribution in [0.4, 0.5) is 5.69 Å². The Morgan fingerprint density at radius 1 is 1.33 bits per heavy atom. The van der Waals surface area contributed by atoms with Crippen molar-refractivity contribution in [3.05, 3.63) is 46.8 Å². The molecule has 1 amide bonds. The molecule has 0 unspecified atom stereocenters. The first kappa shape index (κ1) is 12.6. The predicted octanol–water partition coefficient (Wildman–Crippen LogP) is 2.28. The Hall–Kier alpha value is -1.82. The van der Waals surface area contributed by atoms with Gasteiger partial charge in [-0.25, -0.2) is 0 Å². The third kappa shape index (κ3) is 3.59. The normalized spacial score (nSPS) is 10.1. The minimum atomic E-state index is -0.236. The van der Waals surface area contributed by atoms with Crippen LogP contribution in [0.15, 0.2) is 45.6 Å². The van der Waals surface area contributed by atoms with Gasteiger partial charge in [0, 0.05) is 29.3 Å². The SMILES string of the molecule is O=C(NCCNc1cccc(Br)c1)c1ccon1. The minimum Gasteiger partial charge on any atom is -0.383 e. The summed E-state index contributed by atoms with van der Waals surface area (Å²) in [5.41, 5.74) is 1.29. The number of nitrogens with one attached hydrogen (secondary N) is 2. The van der Waals surface area contributed by atoms with Gasteiger partial charge in [0.2, 0.25) is 0 Å². The Bertz CT molecular complexity index is 514. The van der Waals surface area contributed by atoms with E-state index in [4.69, 9.17) is 0 Å². The second-order valence-corrected chi connectivity index (χ2v) is 4.49. The number of halogens is 1. The van der Waals surface area contributed by atoms with Gasteiger partial charge in [0.15, 0.2) is 5.69 Å². The molecule has 1 aromatic carbocycles. The number of aromatic nitrogens is 1. The molecule has 1 heterocycles. The summed E-state index contributed by atoms with van der Waals surface area (Å²) < 4.78 is 5.61. The number of amides is 1. The van der Waals surface area contributed by atoms with Crippen LogP contribution in [0.5, 0.6) is 0 Å². The molecule has 0 fully saturated rings. The van der Waals surface area contributed by atoms with Crippen LogP contribution in [0.1, 0.15) is 10.5 Å². The number of rotatable bonds is 5. The summed E-state index contributed by atoms with van der Waals surface area (Å²) in [5, 5.41) is 9.48. The maximum Gasteiger partial charge on any atom is 0.273 e. The first-order valence-corrected chi connectivity index (χ1v) is 6.23. The van der Waals surface area contributed by atoms with Gasteiger partial charge in [-0.3, -0.25) is 4.79 Å². The second-order valence-electron chi connectivity index (χ2n) is 3.58. The first-order chi connectivity index (χ1) is 8.75. The van der Waals surface area contributed by atoms with E-state index in [0.717, 1.165) is 10.2 Å². The first-order valence-electron chi connectivity index (χ1n) is 5.44. The molecule has 94 valence electrons. The van der Waals surface area contributed by atoms with Crippen molar-refractivity contribution in [1.82, 2.24) is 10.5 Å². The summed E-state index contributed by atoms with van der Waals surface area (Å²) in [6.07, 6.45) is 1.37. The molecule has 2 rings (SSSR count). The van der Waals surface area contributed by atoms with Crippen molar-refractivity contribution >= 4 is 27.5 Å². The lowest BCUT2D eigenvalue weighted by atomic mass is 10.3. The van der Waals surface area contributed by atoms with Gasteiger partial charge in [0.1, 0.15) is 6.26 Å². The van der Waals surface area contributed by atoms with Crippen molar-refractivity contribution in [3.8, 4) is 0 Å². The Kier molecular flexibility index (Phi) is 4.35. The van der Waals surface area contributed by atoms with E-state index >= 15 is 0 Å². The van der Waals surface area contributed by atoms with Crippen LogP contribution in [0.2, 0.25) is 0 Å². The zero-order valence-corrected chi connectivity index (χ0v) is 11.1. The van der Waals surface area contributed by atoms with Gasteiger partial charge in [0.05, 0.1) is 0 Å². The number of hydrogen-bond acceptors (Lipinski definition) is 4. The van der Waals surface area contributed by atoms with E-state index in [2.05, 4.69) is 36.2 Å². The average molecular weight is 310 g/mol. The summed E-state index contributed by atoms with van der Waals surface area (Å²) in [5.74, 6) is -0.236. The van der Waals surface area contributed by atoms with Crippen molar-refractivity contribution in [2.75, 3.05) is 18.4 Å². The van der Waals surface area contributed by atoms with E-state index < -0.39 is 0 Å². The third-order valence-electron chi connectivity index (χ3n) is 2.23. The molecule has 0 saturated heterocycles. The van der Waals surface area contributed by atoms with E-state index in [1.807, 2.05) is 24.3 Å². The summed E-state index contributed by atoms with van der Waals surface area (Å²) in [6.45, 7) is 1.15. The molecule has 0 saturated carbocycles. The van der Waals surface area contributed by atoms with Crippen LogP contribution < -0.4 is 10.6 Å². The number of nitrogens with zero attached hydrogens (tertiary/aromatic N) is 1. The molecular weight excluding hydrogens is 298 g/mol. The zero-order valence-electron chi connectivity index (χ0n) is 9.52. The maximum absolute atomic E-state index is 11.5. The topological polar surface area (TPSA) is 67.2 Å². The van der Waals surface area contributed by atoms with Gasteiger partial charge >= 0.3 is 0 Å². The lowest BCUT2D eigenvalue weighted by Crippen LogP contribution is -2.28. The van der Waals surface area contributed by atoms with Crippen LogP contribution in [-0.4, -0.2) is 24.2 Å². The molecule has 6 heteroatoms. The Morgan fingerprint density at radius 3 is 2.94 bits per heavy atom. The second kappa shape index (κ2) is 6.20. The monoisotopic (exact) mass is 309 g/mol. The third-order valence-corrected chi connectivity index (χ3v) is 2.73. The summed E-state index contributed by atoms with van der Waals surface area (Å²) in [4.78, 5) is 11.5. The molecule has 0 aliphatic carbocycles. The fourth-order valence-electron chi connectivity index (χ4n) is 1.40. The van der Waals surface area contributed by atoms with E-state index in [-0.39, 0.29) is 11.6 Å². The van der Waals surface area contributed by atoms with Crippen molar-refractivity contribution in [3.63, 3.8) is 0 Å². The van der Waals surface area contributed by atoms with Crippen LogP contribution in [0.25, 0.3) is 0 Å². The Labute approximate surface area is 113 Å². The summed E-state index contributed by atoms with van der Waals surface area (Å²) in [6, 6.07) is 9.36. The lowest BCUT2D eigenvalue weighted by molar-refractivity contribution is 0.0946. The largest absolute Gasteiger partial charge is 0.383 e.